The number of halogens is 1. The smallest absolute Gasteiger partial charge is 0.285 e. The normalized spacial score (nSPS) is 11.8. The minimum absolute atomic E-state index is 0.149. The molecule has 1 atom stereocenters. The van der Waals surface area contributed by atoms with Crippen LogP contribution in [0, 0.1) is 15.9 Å². The van der Waals surface area contributed by atoms with Gasteiger partial charge in [0.25, 0.3) is 11.6 Å². The van der Waals surface area contributed by atoms with Crippen molar-refractivity contribution in [3.63, 3.8) is 0 Å². The number of carbonyl (C=O) groups excluding carboxylic acids is 1. The van der Waals surface area contributed by atoms with Crippen LogP contribution >= 0.6 is 11.8 Å². The number of anilines is 1. The van der Waals surface area contributed by atoms with E-state index in [2.05, 4.69) is 10.7 Å². The van der Waals surface area contributed by atoms with Crippen LogP contribution in [-0.4, -0.2) is 28.9 Å². The highest BCUT2D eigenvalue weighted by Gasteiger charge is 2.24. The molecular weight excluding hydrogens is 299 g/mol. The second kappa shape index (κ2) is 7.79. The predicted molar refractivity (Wildman–Crippen MR) is 80.8 cm³/mol. The fourth-order valence-electron chi connectivity index (χ4n) is 1.67. The molecule has 1 aromatic carbocycles. The lowest BCUT2D eigenvalue weighted by atomic mass is 10.1. The van der Waals surface area contributed by atoms with E-state index in [-0.39, 0.29) is 17.3 Å². The van der Waals surface area contributed by atoms with Crippen LogP contribution in [0.5, 0.6) is 0 Å². The van der Waals surface area contributed by atoms with E-state index >= 15 is 0 Å². The summed E-state index contributed by atoms with van der Waals surface area (Å²) in [6.07, 6.45) is 2.67. The number of hydrogen-bond donors (Lipinski definition) is 3. The average molecular weight is 316 g/mol. The SMILES string of the molecule is CSCCC(C)NC(=O)c1cc(NN)c(F)cc1[N+](=O)[O-]. The van der Waals surface area contributed by atoms with Crippen molar-refractivity contribution < 1.29 is 14.1 Å². The summed E-state index contributed by atoms with van der Waals surface area (Å²) in [7, 11) is 0. The molecule has 1 rings (SSSR count). The van der Waals surface area contributed by atoms with Crippen molar-refractivity contribution in [2.75, 3.05) is 17.4 Å². The summed E-state index contributed by atoms with van der Waals surface area (Å²) >= 11 is 1.63. The zero-order valence-electron chi connectivity index (χ0n) is 11.7. The quantitative estimate of drug-likeness (QED) is 0.402. The standard InChI is InChI=1S/C12H17FN4O3S/c1-7(3-4-21-2)15-12(18)8-5-10(16-14)9(13)6-11(8)17(19)20/h5-7,16H,3-4,14H2,1-2H3,(H,15,18). The van der Waals surface area contributed by atoms with Crippen molar-refractivity contribution in [3.05, 3.63) is 33.6 Å². The van der Waals surface area contributed by atoms with Gasteiger partial charge in [-0.05, 0) is 31.4 Å². The Bertz CT molecular complexity index is 541. The van der Waals surface area contributed by atoms with Crippen molar-refractivity contribution in [2.24, 2.45) is 5.84 Å². The third kappa shape index (κ3) is 4.57. The lowest BCUT2D eigenvalue weighted by Gasteiger charge is -2.14. The molecular formula is C12H17FN4O3S. The largest absolute Gasteiger partial charge is 0.349 e. The molecule has 0 aliphatic carbocycles. The first kappa shape index (κ1) is 17.2. The van der Waals surface area contributed by atoms with Crippen LogP contribution in [0.3, 0.4) is 0 Å². The van der Waals surface area contributed by atoms with E-state index in [1.165, 1.54) is 0 Å². The molecule has 0 heterocycles. The number of nitrogens with zero attached hydrogens (tertiary/aromatic N) is 1. The first-order valence-electron chi connectivity index (χ1n) is 6.15. The predicted octanol–water partition coefficient (Wildman–Crippen LogP) is 1.89. The van der Waals surface area contributed by atoms with Gasteiger partial charge in [0.15, 0.2) is 5.82 Å². The number of nitro benzene ring substituents is 1. The van der Waals surface area contributed by atoms with Crippen molar-refractivity contribution in [3.8, 4) is 0 Å². The minimum Gasteiger partial charge on any atom is -0.349 e. The third-order valence-corrected chi connectivity index (χ3v) is 3.46. The zero-order chi connectivity index (χ0) is 16.0. The summed E-state index contributed by atoms with van der Waals surface area (Å²) in [5.74, 6) is 4.44. The number of benzene rings is 1. The lowest BCUT2D eigenvalue weighted by Crippen LogP contribution is -2.33. The molecule has 116 valence electrons. The number of hydrogen-bond acceptors (Lipinski definition) is 6. The second-order valence-electron chi connectivity index (χ2n) is 4.41. The Hall–Kier alpha value is -1.87. The molecule has 7 nitrogen and oxygen atoms in total. The van der Waals surface area contributed by atoms with Crippen LogP contribution in [-0.2, 0) is 0 Å². The van der Waals surface area contributed by atoms with E-state index in [0.29, 0.717) is 6.07 Å². The molecule has 1 unspecified atom stereocenters. The number of nitrogen functional groups attached to an aromatic ring is 1. The Kier molecular flexibility index (Phi) is 6.38. The van der Waals surface area contributed by atoms with Gasteiger partial charge in [-0.3, -0.25) is 20.8 Å². The maximum atomic E-state index is 13.5. The molecule has 1 aromatic rings. The van der Waals surface area contributed by atoms with Crippen molar-refractivity contribution in [1.82, 2.24) is 5.32 Å². The van der Waals surface area contributed by atoms with Gasteiger partial charge in [0.2, 0.25) is 0 Å². The van der Waals surface area contributed by atoms with Gasteiger partial charge < -0.3 is 10.7 Å². The fraction of sp³-hybridized carbons (Fsp3) is 0.417. The molecule has 0 radical (unpaired) electrons. The van der Waals surface area contributed by atoms with Crippen LogP contribution in [0.25, 0.3) is 0 Å². The number of nitro groups is 1. The summed E-state index contributed by atoms with van der Waals surface area (Å²) in [5.41, 5.74) is 1.06. The van der Waals surface area contributed by atoms with E-state index in [0.717, 1.165) is 18.2 Å². The number of hydrazine groups is 1. The minimum atomic E-state index is -0.892. The third-order valence-electron chi connectivity index (χ3n) is 2.81. The molecule has 21 heavy (non-hydrogen) atoms. The lowest BCUT2D eigenvalue weighted by molar-refractivity contribution is -0.385. The molecule has 0 aliphatic rings. The zero-order valence-corrected chi connectivity index (χ0v) is 12.5. The van der Waals surface area contributed by atoms with Gasteiger partial charge in [0, 0.05) is 6.04 Å². The summed E-state index contributed by atoms with van der Waals surface area (Å²) in [6, 6.07) is 1.56. The highest BCUT2D eigenvalue weighted by molar-refractivity contribution is 7.98. The maximum Gasteiger partial charge on any atom is 0.285 e. The number of thioether (sulfide) groups is 1. The molecule has 0 saturated carbocycles. The molecule has 1 amide bonds. The molecule has 9 heteroatoms. The number of nitrogens with two attached hydrogens (primary N) is 1. The number of carbonyl (C=O) groups is 1. The van der Waals surface area contributed by atoms with Crippen molar-refractivity contribution in [1.29, 1.82) is 0 Å². The van der Waals surface area contributed by atoms with Gasteiger partial charge in [-0.15, -0.1) is 0 Å². The maximum absolute atomic E-state index is 13.5. The van der Waals surface area contributed by atoms with Gasteiger partial charge >= 0.3 is 0 Å². The van der Waals surface area contributed by atoms with Gasteiger partial charge in [0.05, 0.1) is 16.7 Å². The summed E-state index contributed by atoms with van der Waals surface area (Å²) in [5, 5.41) is 13.6. The van der Waals surface area contributed by atoms with E-state index < -0.39 is 22.3 Å². The number of amides is 1. The average Bonchev–Trinajstić information content (AvgIpc) is 2.44. The molecule has 0 bridgehead atoms. The molecule has 0 aliphatic heterocycles. The monoisotopic (exact) mass is 316 g/mol. The van der Waals surface area contributed by atoms with Crippen LogP contribution < -0.4 is 16.6 Å². The Balaban J connectivity index is 3.04. The van der Waals surface area contributed by atoms with Crippen LogP contribution in [0.2, 0.25) is 0 Å². The second-order valence-corrected chi connectivity index (χ2v) is 5.39. The van der Waals surface area contributed by atoms with Crippen LogP contribution in [0.4, 0.5) is 15.8 Å². The first-order chi connectivity index (χ1) is 9.90. The fourth-order valence-corrected chi connectivity index (χ4v) is 2.26. The molecule has 0 saturated heterocycles. The Morgan fingerprint density at radius 3 is 2.76 bits per heavy atom. The first-order valence-corrected chi connectivity index (χ1v) is 7.54. The number of nitrogens with one attached hydrogen (secondary N) is 2. The number of rotatable bonds is 7. The Morgan fingerprint density at radius 2 is 2.24 bits per heavy atom. The van der Waals surface area contributed by atoms with E-state index in [4.69, 9.17) is 5.84 Å². The highest BCUT2D eigenvalue weighted by Crippen LogP contribution is 2.25. The summed E-state index contributed by atoms with van der Waals surface area (Å²) in [6.45, 7) is 1.80. The van der Waals surface area contributed by atoms with Gasteiger partial charge in [0.1, 0.15) is 5.56 Å². The van der Waals surface area contributed by atoms with E-state index in [9.17, 15) is 19.3 Å². The van der Waals surface area contributed by atoms with E-state index in [1.54, 1.807) is 18.7 Å². The summed E-state index contributed by atoms with van der Waals surface area (Å²) in [4.78, 5) is 22.2. The topological polar surface area (TPSA) is 110 Å². The highest BCUT2D eigenvalue weighted by atomic mass is 32.2. The van der Waals surface area contributed by atoms with Gasteiger partial charge in [-0.25, -0.2) is 4.39 Å². The van der Waals surface area contributed by atoms with Gasteiger partial charge in [-0.2, -0.15) is 11.8 Å². The van der Waals surface area contributed by atoms with Crippen molar-refractivity contribution in [2.45, 2.75) is 19.4 Å². The molecule has 0 aromatic heterocycles. The van der Waals surface area contributed by atoms with Crippen LogP contribution in [0.1, 0.15) is 23.7 Å². The van der Waals surface area contributed by atoms with E-state index in [1.807, 2.05) is 6.26 Å². The van der Waals surface area contributed by atoms with Crippen LogP contribution in [0.15, 0.2) is 12.1 Å². The molecule has 0 fully saturated rings. The Morgan fingerprint density at radius 1 is 1.57 bits per heavy atom. The molecule has 0 spiro atoms. The Labute approximate surface area is 125 Å². The molecule has 4 N–H and O–H groups in total. The van der Waals surface area contributed by atoms with Crippen molar-refractivity contribution >= 4 is 29.0 Å². The summed E-state index contributed by atoms with van der Waals surface area (Å²) < 4.78 is 13.5. The van der Waals surface area contributed by atoms with Gasteiger partial charge in [-0.1, -0.05) is 0 Å².